The molecule has 0 saturated carbocycles. The van der Waals surface area contributed by atoms with Crippen molar-refractivity contribution in [1.82, 2.24) is 15.1 Å². The Morgan fingerprint density at radius 3 is 2.48 bits per heavy atom. The third kappa shape index (κ3) is 4.82. The summed E-state index contributed by atoms with van der Waals surface area (Å²) >= 11 is 0. The first-order valence-electron chi connectivity index (χ1n) is 9.44. The average molecular weight is 343 g/mol. The largest absolute Gasteiger partial charge is 0.355 e. The highest BCUT2D eigenvalue weighted by atomic mass is 16.2. The van der Waals surface area contributed by atoms with Crippen molar-refractivity contribution in [2.75, 3.05) is 39.3 Å². The van der Waals surface area contributed by atoms with Gasteiger partial charge in [0.25, 0.3) is 0 Å². The standard InChI is InChI=1S/C20H29N3O2/c1-16(24)23-12-8-18(9-13-23)20(25)21-10-14-22-11-7-19(15-22)17-5-3-2-4-6-17/h2-6,18-19H,7-15H2,1H3,(H,21,25). The molecule has 0 spiro atoms. The number of carbonyl (C=O) groups excluding carboxylic acids is 2. The molecule has 0 aliphatic carbocycles. The Balaban J connectivity index is 1.35. The Morgan fingerprint density at radius 1 is 1.08 bits per heavy atom. The van der Waals surface area contributed by atoms with E-state index < -0.39 is 0 Å². The number of hydrogen-bond acceptors (Lipinski definition) is 3. The second-order valence-electron chi connectivity index (χ2n) is 7.27. The van der Waals surface area contributed by atoms with Gasteiger partial charge in [0.1, 0.15) is 0 Å². The fraction of sp³-hybridized carbons (Fsp3) is 0.600. The van der Waals surface area contributed by atoms with E-state index in [1.165, 1.54) is 12.0 Å². The maximum Gasteiger partial charge on any atom is 0.223 e. The summed E-state index contributed by atoms with van der Waals surface area (Å²) in [5, 5.41) is 3.09. The molecule has 1 atom stereocenters. The molecule has 0 aromatic heterocycles. The number of nitrogens with one attached hydrogen (secondary N) is 1. The smallest absolute Gasteiger partial charge is 0.223 e. The number of nitrogens with zero attached hydrogens (tertiary/aromatic N) is 2. The van der Waals surface area contributed by atoms with Gasteiger partial charge in [0.05, 0.1) is 0 Å². The van der Waals surface area contributed by atoms with Gasteiger partial charge in [-0.25, -0.2) is 0 Å². The van der Waals surface area contributed by atoms with Gasteiger partial charge in [0.2, 0.25) is 11.8 Å². The Kier molecular flexibility index (Phi) is 6.08. The number of carbonyl (C=O) groups is 2. The van der Waals surface area contributed by atoms with Crippen LogP contribution in [0.25, 0.3) is 0 Å². The molecule has 1 unspecified atom stereocenters. The first kappa shape index (κ1) is 17.9. The minimum Gasteiger partial charge on any atom is -0.355 e. The molecule has 0 radical (unpaired) electrons. The van der Waals surface area contributed by atoms with Gasteiger partial charge in [0, 0.05) is 45.6 Å². The topological polar surface area (TPSA) is 52.7 Å². The Hall–Kier alpha value is -1.88. The normalized spacial score (nSPS) is 22.1. The summed E-state index contributed by atoms with van der Waals surface area (Å²) in [4.78, 5) is 27.9. The number of likely N-dealkylation sites (tertiary alicyclic amines) is 2. The first-order valence-corrected chi connectivity index (χ1v) is 9.44. The summed E-state index contributed by atoms with van der Waals surface area (Å²) in [5.41, 5.74) is 1.42. The molecule has 2 heterocycles. The highest BCUT2D eigenvalue weighted by Gasteiger charge is 2.26. The highest BCUT2D eigenvalue weighted by Crippen LogP contribution is 2.26. The number of hydrogen-bond donors (Lipinski definition) is 1. The van der Waals surface area contributed by atoms with Crippen molar-refractivity contribution >= 4 is 11.8 Å². The minimum absolute atomic E-state index is 0.0613. The zero-order valence-electron chi connectivity index (χ0n) is 15.1. The summed E-state index contributed by atoms with van der Waals surface area (Å²) in [6, 6.07) is 10.7. The third-order valence-electron chi connectivity index (χ3n) is 5.58. The van der Waals surface area contributed by atoms with Gasteiger partial charge >= 0.3 is 0 Å². The van der Waals surface area contributed by atoms with Crippen molar-refractivity contribution in [2.45, 2.75) is 32.1 Å². The average Bonchev–Trinajstić information content (AvgIpc) is 3.11. The zero-order valence-corrected chi connectivity index (χ0v) is 15.1. The van der Waals surface area contributed by atoms with Gasteiger partial charge in [-0.05, 0) is 37.3 Å². The molecule has 25 heavy (non-hydrogen) atoms. The lowest BCUT2D eigenvalue weighted by Gasteiger charge is -2.30. The molecule has 2 saturated heterocycles. The van der Waals surface area contributed by atoms with Gasteiger partial charge in [-0.3, -0.25) is 9.59 Å². The monoisotopic (exact) mass is 343 g/mol. The van der Waals surface area contributed by atoms with E-state index in [1.807, 2.05) is 4.90 Å². The van der Waals surface area contributed by atoms with Crippen molar-refractivity contribution in [2.24, 2.45) is 5.92 Å². The fourth-order valence-electron chi connectivity index (χ4n) is 3.97. The molecule has 5 nitrogen and oxygen atoms in total. The van der Waals surface area contributed by atoms with E-state index in [4.69, 9.17) is 0 Å². The molecule has 136 valence electrons. The molecule has 2 amide bonds. The Bertz CT molecular complexity index is 582. The number of amides is 2. The molecule has 2 aliphatic heterocycles. The molecule has 1 N–H and O–H groups in total. The van der Waals surface area contributed by atoms with E-state index in [9.17, 15) is 9.59 Å². The molecule has 5 heteroatoms. The minimum atomic E-state index is 0.0613. The van der Waals surface area contributed by atoms with Crippen LogP contribution < -0.4 is 5.32 Å². The van der Waals surface area contributed by atoms with E-state index in [-0.39, 0.29) is 17.7 Å². The van der Waals surface area contributed by atoms with Gasteiger partial charge in [-0.2, -0.15) is 0 Å². The van der Waals surface area contributed by atoms with Crippen molar-refractivity contribution in [1.29, 1.82) is 0 Å². The first-order chi connectivity index (χ1) is 12.1. The summed E-state index contributed by atoms with van der Waals surface area (Å²) in [7, 11) is 0. The van der Waals surface area contributed by atoms with Gasteiger partial charge in [-0.15, -0.1) is 0 Å². The van der Waals surface area contributed by atoms with E-state index >= 15 is 0 Å². The van der Waals surface area contributed by atoms with Crippen LogP contribution in [0.15, 0.2) is 30.3 Å². The van der Waals surface area contributed by atoms with E-state index in [0.717, 1.165) is 32.5 Å². The number of piperidine rings is 1. The predicted molar refractivity (Wildman–Crippen MR) is 98.2 cm³/mol. The molecule has 3 rings (SSSR count). The maximum absolute atomic E-state index is 12.3. The molecule has 0 bridgehead atoms. The second-order valence-corrected chi connectivity index (χ2v) is 7.27. The summed E-state index contributed by atoms with van der Waals surface area (Å²) in [6.07, 6.45) is 2.76. The van der Waals surface area contributed by atoms with Gasteiger partial charge < -0.3 is 15.1 Å². The maximum atomic E-state index is 12.3. The second kappa shape index (κ2) is 8.48. The lowest BCUT2D eigenvalue weighted by atomic mass is 9.96. The number of benzene rings is 1. The van der Waals surface area contributed by atoms with E-state index in [1.54, 1.807) is 6.92 Å². The third-order valence-corrected chi connectivity index (χ3v) is 5.58. The number of rotatable bonds is 5. The Morgan fingerprint density at radius 2 is 1.80 bits per heavy atom. The van der Waals surface area contributed by atoms with Crippen molar-refractivity contribution in [3.05, 3.63) is 35.9 Å². The van der Waals surface area contributed by atoms with Crippen LogP contribution in [0.1, 0.15) is 37.7 Å². The van der Waals surface area contributed by atoms with E-state index in [2.05, 4.69) is 40.5 Å². The fourth-order valence-corrected chi connectivity index (χ4v) is 3.97. The Labute approximate surface area is 150 Å². The lowest BCUT2D eigenvalue weighted by Crippen LogP contribution is -2.43. The summed E-state index contributed by atoms with van der Waals surface area (Å²) in [5.74, 6) is 0.946. The van der Waals surface area contributed by atoms with Crippen molar-refractivity contribution < 1.29 is 9.59 Å². The quantitative estimate of drug-likeness (QED) is 0.888. The molecule has 2 fully saturated rings. The predicted octanol–water partition coefficient (Wildman–Crippen LogP) is 1.85. The SMILES string of the molecule is CC(=O)N1CCC(C(=O)NCCN2CCC(c3ccccc3)C2)CC1. The van der Waals surface area contributed by atoms with Gasteiger partial charge in [-0.1, -0.05) is 30.3 Å². The van der Waals surface area contributed by atoms with Crippen LogP contribution in [0.5, 0.6) is 0 Å². The van der Waals surface area contributed by atoms with Crippen molar-refractivity contribution in [3.63, 3.8) is 0 Å². The van der Waals surface area contributed by atoms with Crippen LogP contribution in [0.2, 0.25) is 0 Å². The molecular formula is C20H29N3O2. The van der Waals surface area contributed by atoms with Crippen LogP contribution in [0, 0.1) is 5.92 Å². The van der Waals surface area contributed by atoms with Crippen LogP contribution >= 0.6 is 0 Å². The van der Waals surface area contributed by atoms with Crippen LogP contribution in [-0.2, 0) is 9.59 Å². The van der Waals surface area contributed by atoms with Crippen LogP contribution in [-0.4, -0.2) is 60.9 Å². The molecule has 2 aliphatic rings. The zero-order chi connectivity index (χ0) is 17.6. The van der Waals surface area contributed by atoms with Crippen LogP contribution in [0.4, 0.5) is 0 Å². The molecule has 1 aromatic carbocycles. The highest BCUT2D eigenvalue weighted by molar-refractivity contribution is 5.79. The van der Waals surface area contributed by atoms with Gasteiger partial charge in [0.15, 0.2) is 0 Å². The summed E-state index contributed by atoms with van der Waals surface area (Å²) < 4.78 is 0. The van der Waals surface area contributed by atoms with Crippen LogP contribution in [0.3, 0.4) is 0 Å². The van der Waals surface area contributed by atoms with Crippen molar-refractivity contribution in [3.8, 4) is 0 Å². The molecular weight excluding hydrogens is 314 g/mol. The summed E-state index contributed by atoms with van der Waals surface area (Å²) in [6.45, 7) is 6.83. The lowest BCUT2D eigenvalue weighted by molar-refractivity contribution is -0.133. The van der Waals surface area contributed by atoms with E-state index in [0.29, 0.717) is 25.6 Å². The molecule has 1 aromatic rings.